The van der Waals surface area contributed by atoms with Gasteiger partial charge >= 0.3 is 6.03 Å². The molecule has 3 heterocycles. The molecule has 0 spiro atoms. The van der Waals surface area contributed by atoms with Gasteiger partial charge in [0.25, 0.3) is 0 Å². The molecule has 104 valence electrons. The van der Waals surface area contributed by atoms with Gasteiger partial charge in [-0.05, 0) is 18.8 Å². The van der Waals surface area contributed by atoms with E-state index in [0.29, 0.717) is 0 Å². The Balaban J connectivity index is 1.61. The molecule has 5 nitrogen and oxygen atoms in total. The molecule has 1 aromatic rings. The topological polar surface area (TPSA) is 57.3 Å². The van der Waals surface area contributed by atoms with Crippen molar-refractivity contribution in [3.8, 4) is 0 Å². The van der Waals surface area contributed by atoms with Crippen LogP contribution in [0.25, 0.3) is 0 Å². The fraction of sp³-hybridized carbons (Fsp3) is 0.692. The van der Waals surface area contributed by atoms with Gasteiger partial charge in [-0.15, -0.1) is 11.3 Å². The van der Waals surface area contributed by atoms with Gasteiger partial charge in [0, 0.05) is 37.5 Å². The maximum Gasteiger partial charge on any atom is 0.323 e. The number of fused-ring (bicyclic) bond motifs is 1. The van der Waals surface area contributed by atoms with Gasteiger partial charge in [-0.2, -0.15) is 0 Å². The first-order valence-electron chi connectivity index (χ1n) is 6.97. The lowest BCUT2D eigenvalue weighted by molar-refractivity contribution is 0.186. The van der Waals surface area contributed by atoms with E-state index in [-0.39, 0.29) is 6.03 Å². The number of nitrogens with zero attached hydrogens (tertiary/aromatic N) is 2. The summed E-state index contributed by atoms with van der Waals surface area (Å²) in [5.41, 5.74) is 1.14. The molecule has 0 saturated carbocycles. The minimum absolute atomic E-state index is 0.00551. The molecule has 2 aliphatic rings. The van der Waals surface area contributed by atoms with Crippen LogP contribution in [0.2, 0.25) is 0 Å². The Labute approximate surface area is 117 Å². The second-order valence-corrected chi connectivity index (χ2v) is 6.50. The molecule has 1 aromatic heterocycles. The van der Waals surface area contributed by atoms with Crippen LogP contribution in [-0.4, -0.2) is 35.5 Å². The molecular weight excluding hydrogens is 260 g/mol. The largest absolute Gasteiger partial charge is 0.324 e. The van der Waals surface area contributed by atoms with Crippen molar-refractivity contribution in [3.63, 3.8) is 0 Å². The lowest BCUT2D eigenvalue weighted by atomic mass is 10.00. The summed E-state index contributed by atoms with van der Waals surface area (Å²) in [5, 5.41) is 7.02. The SMILES string of the molecule is CC1CCN(C(=O)Nc2nc3c(s2)CNCC3)CC1. The van der Waals surface area contributed by atoms with Gasteiger partial charge in [0.1, 0.15) is 0 Å². The molecule has 1 fully saturated rings. The highest BCUT2D eigenvalue weighted by molar-refractivity contribution is 7.15. The quantitative estimate of drug-likeness (QED) is 0.828. The number of hydrogen-bond acceptors (Lipinski definition) is 4. The Hall–Kier alpha value is -1.14. The van der Waals surface area contributed by atoms with Gasteiger partial charge in [-0.3, -0.25) is 5.32 Å². The number of urea groups is 1. The molecule has 0 unspecified atom stereocenters. The molecule has 3 rings (SSSR count). The van der Waals surface area contributed by atoms with Crippen LogP contribution in [0.15, 0.2) is 0 Å². The van der Waals surface area contributed by atoms with E-state index in [1.807, 2.05) is 4.90 Å². The number of anilines is 1. The number of nitrogens with one attached hydrogen (secondary N) is 2. The molecule has 0 aliphatic carbocycles. The molecule has 0 bridgehead atoms. The first-order valence-corrected chi connectivity index (χ1v) is 7.79. The summed E-state index contributed by atoms with van der Waals surface area (Å²) in [6.45, 7) is 5.83. The number of aromatic nitrogens is 1. The zero-order valence-corrected chi connectivity index (χ0v) is 12.1. The van der Waals surface area contributed by atoms with Crippen LogP contribution in [0, 0.1) is 5.92 Å². The lowest BCUT2D eigenvalue weighted by Gasteiger charge is -2.29. The highest BCUT2D eigenvalue weighted by Crippen LogP contribution is 2.26. The summed E-state index contributed by atoms with van der Waals surface area (Å²) >= 11 is 1.60. The van der Waals surface area contributed by atoms with Gasteiger partial charge in [0.05, 0.1) is 5.69 Å². The first-order chi connectivity index (χ1) is 9.22. The molecule has 0 radical (unpaired) electrons. The highest BCUT2D eigenvalue weighted by Gasteiger charge is 2.22. The van der Waals surface area contributed by atoms with Crippen molar-refractivity contribution in [2.24, 2.45) is 5.92 Å². The smallest absolute Gasteiger partial charge is 0.323 e. The fourth-order valence-electron chi connectivity index (χ4n) is 2.56. The molecule has 0 aromatic carbocycles. The summed E-state index contributed by atoms with van der Waals surface area (Å²) < 4.78 is 0. The van der Waals surface area contributed by atoms with Gasteiger partial charge in [-0.1, -0.05) is 6.92 Å². The number of thiazole rings is 1. The number of carbonyl (C=O) groups is 1. The van der Waals surface area contributed by atoms with Crippen molar-refractivity contribution in [2.75, 3.05) is 25.0 Å². The molecule has 2 N–H and O–H groups in total. The van der Waals surface area contributed by atoms with E-state index in [4.69, 9.17) is 0 Å². The minimum Gasteiger partial charge on any atom is -0.324 e. The van der Waals surface area contributed by atoms with Gasteiger partial charge < -0.3 is 10.2 Å². The van der Waals surface area contributed by atoms with E-state index in [1.54, 1.807) is 11.3 Å². The first kappa shape index (κ1) is 12.9. The molecule has 1 saturated heterocycles. The van der Waals surface area contributed by atoms with Crippen molar-refractivity contribution in [2.45, 2.75) is 32.7 Å². The van der Waals surface area contributed by atoms with E-state index in [0.717, 1.165) is 62.2 Å². The van der Waals surface area contributed by atoms with E-state index in [9.17, 15) is 4.79 Å². The van der Waals surface area contributed by atoms with Crippen LogP contribution in [0.4, 0.5) is 9.93 Å². The second kappa shape index (κ2) is 5.46. The lowest BCUT2D eigenvalue weighted by Crippen LogP contribution is -2.40. The predicted molar refractivity (Wildman–Crippen MR) is 76.5 cm³/mol. The second-order valence-electron chi connectivity index (χ2n) is 5.42. The van der Waals surface area contributed by atoms with E-state index in [2.05, 4.69) is 22.5 Å². The number of carbonyl (C=O) groups excluding carboxylic acids is 1. The predicted octanol–water partition coefficient (Wildman–Crippen LogP) is 2.05. The highest BCUT2D eigenvalue weighted by atomic mass is 32.1. The van der Waals surface area contributed by atoms with Crippen molar-refractivity contribution >= 4 is 22.5 Å². The van der Waals surface area contributed by atoms with Gasteiger partial charge in [-0.25, -0.2) is 9.78 Å². The minimum atomic E-state index is 0.00551. The van der Waals surface area contributed by atoms with Crippen molar-refractivity contribution < 1.29 is 4.79 Å². The van der Waals surface area contributed by atoms with Crippen LogP contribution in [0.3, 0.4) is 0 Å². The van der Waals surface area contributed by atoms with Crippen LogP contribution in [0.5, 0.6) is 0 Å². The van der Waals surface area contributed by atoms with Gasteiger partial charge in [0.15, 0.2) is 5.13 Å². The third-order valence-corrected chi connectivity index (χ3v) is 4.90. The number of rotatable bonds is 1. The van der Waals surface area contributed by atoms with Crippen molar-refractivity contribution in [3.05, 3.63) is 10.6 Å². The van der Waals surface area contributed by atoms with Crippen molar-refractivity contribution in [1.29, 1.82) is 0 Å². The Morgan fingerprint density at radius 1 is 1.47 bits per heavy atom. The number of hydrogen-bond donors (Lipinski definition) is 2. The van der Waals surface area contributed by atoms with Crippen LogP contribution in [-0.2, 0) is 13.0 Å². The van der Waals surface area contributed by atoms with Gasteiger partial charge in [0.2, 0.25) is 0 Å². The summed E-state index contributed by atoms with van der Waals surface area (Å²) in [6, 6.07) is 0.00551. The molecular formula is C13H20N4OS. The van der Waals surface area contributed by atoms with Crippen LogP contribution >= 0.6 is 11.3 Å². The third-order valence-electron chi connectivity index (χ3n) is 3.89. The zero-order chi connectivity index (χ0) is 13.2. The summed E-state index contributed by atoms with van der Waals surface area (Å²) in [7, 11) is 0. The normalized spacial score (nSPS) is 20.2. The molecule has 19 heavy (non-hydrogen) atoms. The summed E-state index contributed by atoms with van der Waals surface area (Å²) in [5.74, 6) is 0.738. The average molecular weight is 280 g/mol. The average Bonchev–Trinajstić information content (AvgIpc) is 2.81. The Morgan fingerprint density at radius 2 is 2.26 bits per heavy atom. The zero-order valence-electron chi connectivity index (χ0n) is 11.2. The number of amides is 2. The monoisotopic (exact) mass is 280 g/mol. The van der Waals surface area contributed by atoms with E-state index >= 15 is 0 Å². The molecule has 2 aliphatic heterocycles. The van der Waals surface area contributed by atoms with E-state index in [1.165, 1.54) is 4.88 Å². The summed E-state index contributed by atoms with van der Waals surface area (Å²) in [4.78, 5) is 19.8. The standard InChI is InChI=1S/C13H20N4OS/c1-9-3-6-17(7-4-9)13(18)16-12-15-10-2-5-14-8-11(10)19-12/h9,14H,2-8H2,1H3,(H,15,16,18). The Morgan fingerprint density at radius 3 is 3.00 bits per heavy atom. The Bertz CT molecular complexity index is 442. The number of piperidine rings is 1. The molecule has 2 amide bonds. The maximum absolute atomic E-state index is 12.2. The van der Waals surface area contributed by atoms with Crippen molar-refractivity contribution in [1.82, 2.24) is 15.2 Å². The van der Waals surface area contributed by atoms with Crippen LogP contribution in [0.1, 0.15) is 30.3 Å². The number of likely N-dealkylation sites (tertiary alicyclic amines) is 1. The maximum atomic E-state index is 12.2. The van der Waals surface area contributed by atoms with Crippen LogP contribution < -0.4 is 10.6 Å². The van der Waals surface area contributed by atoms with E-state index < -0.39 is 0 Å². The molecule has 6 heteroatoms. The fourth-order valence-corrected chi connectivity index (χ4v) is 3.53. The summed E-state index contributed by atoms with van der Waals surface area (Å²) in [6.07, 6.45) is 3.17. The Kier molecular flexibility index (Phi) is 3.70. The third kappa shape index (κ3) is 2.90. The molecule has 0 atom stereocenters.